The summed E-state index contributed by atoms with van der Waals surface area (Å²) in [7, 11) is 1.65. The summed E-state index contributed by atoms with van der Waals surface area (Å²) >= 11 is 3.19. The number of aryl methyl sites for hydroxylation is 2. The summed E-state index contributed by atoms with van der Waals surface area (Å²) in [5.74, 6) is 0.868. The fourth-order valence-corrected chi connectivity index (χ4v) is 6.97. The van der Waals surface area contributed by atoms with Crippen LogP contribution in [0.5, 0.6) is 0 Å². The Bertz CT molecular complexity index is 1410. The predicted octanol–water partition coefficient (Wildman–Crippen LogP) is 3.56. The molecule has 0 amide bonds. The zero-order chi connectivity index (χ0) is 23.8. The van der Waals surface area contributed by atoms with Gasteiger partial charge in [0.2, 0.25) is 0 Å². The molecule has 5 rings (SSSR count). The van der Waals surface area contributed by atoms with Crippen molar-refractivity contribution in [3.05, 3.63) is 50.9 Å². The van der Waals surface area contributed by atoms with Crippen LogP contribution < -0.4 is 10.5 Å². The number of benzene rings is 1. The molecule has 0 spiro atoms. The van der Waals surface area contributed by atoms with E-state index in [1.165, 1.54) is 53.0 Å². The van der Waals surface area contributed by atoms with E-state index in [0.29, 0.717) is 22.7 Å². The minimum atomic E-state index is -0.159. The van der Waals surface area contributed by atoms with Gasteiger partial charge in [-0.15, -0.1) is 11.3 Å². The highest BCUT2D eigenvalue weighted by Gasteiger charge is 2.23. The van der Waals surface area contributed by atoms with Crippen LogP contribution in [-0.2, 0) is 11.3 Å². The third kappa shape index (κ3) is 4.37. The molecule has 1 fully saturated rings. The van der Waals surface area contributed by atoms with Crippen LogP contribution in [0.2, 0.25) is 0 Å². The SMILES string of the molecule is COC[C@@H](C)n1c(Sc2nc(C[NH+]3CCCC3)nc3sc(C)c(C)c23)nc2ccccc2c1=O. The highest BCUT2D eigenvalue weighted by Crippen LogP contribution is 2.38. The summed E-state index contributed by atoms with van der Waals surface area (Å²) in [6.07, 6.45) is 2.53. The van der Waals surface area contributed by atoms with Gasteiger partial charge in [0.1, 0.15) is 16.4 Å². The van der Waals surface area contributed by atoms with Crippen molar-refractivity contribution in [2.45, 2.75) is 56.4 Å². The van der Waals surface area contributed by atoms with Crippen molar-refractivity contribution in [1.29, 1.82) is 0 Å². The molecule has 4 heterocycles. The van der Waals surface area contributed by atoms with Gasteiger partial charge in [0.25, 0.3) is 5.56 Å². The van der Waals surface area contributed by atoms with Crippen LogP contribution in [0.1, 0.15) is 42.1 Å². The van der Waals surface area contributed by atoms with E-state index in [4.69, 9.17) is 19.7 Å². The van der Waals surface area contributed by atoms with Gasteiger partial charge in [0.05, 0.1) is 36.6 Å². The number of aromatic nitrogens is 4. The molecule has 0 saturated carbocycles. The van der Waals surface area contributed by atoms with E-state index in [2.05, 4.69) is 13.8 Å². The Labute approximate surface area is 207 Å². The predicted molar refractivity (Wildman–Crippen MR) is 137 cm³/mol. The number of nitrogens with zero attached hydrogens (tertiary/aromatic N) is 4. The number of fused-ring (bicyclic) bond motifs is 2. The monoisotopic (exact) mass is 496 g/mol. The van der Waals surface area contributed by atoms with Crippen LogP contribution in [0.4, 0.5) is 0 Å². The number of hydrogen-bond acceptors (Lipinski definition) is 7. The van der Waals surface area contributed by atoms with E-state index in [9.17, 15) is 4.79 Å². The van der Waals surface area contributed by atoms with Gasteiger partial charge in [0, 0.05) is 30.2 Å². The van der Waals surface area contributed by atoms with Crippen molar-refractivity contribution in [3.8, 4) is 0 Å². The number of para-hydroxylation sites is 1. The number of ether oxygens (including phenoxy) is 1. The van der Waals surface area contributed by atoms with Gasteiger partial charge in [-0.3, -0.25) is 9.36 Å². The highest BCUT2D eigenvalue weighted by molar-refractivity contribution is 7.99. The van der Waals surface area contributed by atoms with Crippen LogP contribution in [0.15, 0.2) is 39.2 Å². The zero-order valence-electron chi connectivity index (χ0n) is 20.1. The van der Waals surface area contributed by atoms with Crippen LogP contribution in [0.25, 0.3) is 21.1 Å². The third-order valence-electron chi connectivity index (χ3n) is 6.57. The van der Waals surface area contributed by atoms with Gasteiger partial charge in [-0.25, -0.2) is 15.0 Å². The van der Waals surface area contributed by atoms with E-state index in [-0.39, 0.29) is 11.6 Å². The van der Waals surface area contributed by atoms with Crippen LogP contribution >= 0.6 is 23.1 Å². The normalized spacial score (nSPS) is 15.5. The molecular weight excluding hydrogens is 466 g/mol. The first kappa shape index (κ1) is 23.4. The van der Waals surface area contributed by atoms with E-state index < -0.39 is 0 Å². The minimum absolute atomic E-state index is 0.0529. The lowest BCUT2D eigenvalue weighted by Gasteiger charge is -2.19. The Balaban J connectivity index is 1.66. The Kier molecular flexibility index (Phi) is 6.70. The van der Waals surface area contributed by atoms with Crippen LogP contribution in [0.3, 0.4) is 0 Å². The van der Waals surface area contributed by atoms with Crippen molar-refractivity contribution in [1.82, 2.24) is 19.5 Å². The van der Waals surface area contributed by atoms with Gasteiger partial charge in [-0.05, 0) is 50.2 Å². The van der Waals surface area contributed by atoms with E-state index in [1.54, 1.807) is 23.0 Å². The fraction of sp³-hybridized carbons (Fsp3) is 0.440. The molecule has 178 valence electrons. The van der Waals surface area contributed by atoms with Gasteiger partial charge in [-0.1, -0.05) is 12.1 Å². The quantitative estimate of drug-likeness (QED) is 0.312. The number of methoxy groups -OCH3 is 1. The van der Waals surface area contributed by atoms with Crippen molar-refractivity contribution in [2.24, 2.45) is 0 Å². The van der Waals surface area contributed by atoms with E-state index in [1.807, 2.05) is 31.2 Å². The number of nitrogens with one attached hydrogen (secondary N) is 1. The molecule has 34 heavy (non-hydrogen) atoms. The zero-order valence-corrected chi connectivity index (χ0v) is 21.7. The molecule has 0 unspecified atom stereocenters. The maximum Gasteiger partial charge on any atom is 0.262 e. The smallest absolute Gasteiger partial charge is 0.262 e. The second-order valence-corrected chi connectivity index (χ2v) is 11.2. The molecule has 0 radical (unpaired) electrons. The molecule has 0 bridgehead atoms. The summed E-state index contributed by atoms with van der Waals surface area (Å²) < 4.78 is 7.15. The first-order valence-electron chi connectivity index (χ1n) is 11.7. The Hall–Kier alpha value is -2.33. The summed E-state index contributed by atoms with van der Waals surface area (Å²) in [5.41, 5.74) is 1.84. The number of hydrogen-bond donors (Lipinski definition) is 1. The first-order chi connectivity index (χ1) is 16.5. The van der Waals surface area contributed by atoms with Gasteiger partial charge < -0.3 is 9.64 Å². The lowest BCUT2D eigenvalue weighted by Crippen LogP contribution is -3.08. The van der Waals surface area contributed by atoms with E-state index in [0.717, 1.165) is 27.6 Å². The summed E-state index contributed by atoms with van der Waals surface area (Å²) in [4.78, 5) is 32.2. The maximum absolute atomic E-state index is 13.5. The van der Waals surface area contributed by atoms with Crippen molar-refractivity contribution < 1.29 is 9.64 Å². The fourth-order valence-electron chi connectivity index (χ4n) is 4.67. The topological polar surface area (TPSA) is 74.3 Å². The van der Waals surface area contributed by atoms with Crippen LogP contribution in [0, 0.1) is 13.8 Å². The van der Waals surface area contributed by atoms with Gasteiger partial charge in [-0.2, -0.15) is 0 Å². The molecule has 3 aromatic heterocycles. The largest absolute Gasteiger partial charge is 0.383 e. The van der Waals surface area contributed by atoms with Gasteiger partial charge >= 0.3 is 0 Å². The summed E-state index contributed by atoms with van der Waals surface area (Å²) in [6, 6.07) is 7.36. The lowest BCUT2D eigenvalue weighted by molar-refractivity contribution is -0.902. The summed E-state index contributed by atoms with van der Waals surface area (Å²) in [5, 5.41) is 3.20. The minimum Gasteiger partial charge on any atom is -0.383 e. The van der Waals surface area contributed by atoms with Crippen molar-refractivity contribution in [3.63, 3.8) is 0 Å². The average Bonchev–Trinajstić information content (AvgIpc) is 3.41. The maximum atomic E-state index is 13.5. The molecule has 1 N–H and O–H groups in total. The molecular formula is C25H30N5O2S2+. The Morgan fingerprint density at radius 3 is 2.71 bits per heavy atom. The van der Waals surface area contributed by atoms with Crippen molar-refractivity contribution in [2.75, 3.05) is 26.8 Å². The molecule has 1 aliphatic heterocycles. The average molecular weight is 497 g/mol. The second kappa shape index (κ2) is 9.73. The molecule has 1 atom stereocenters. The van der Waals surface area contributed by atoms with Crippen molar-refractivity contribution >= 4 is 44.2 Å². The number of rotatable bonds is 7. The Morgan fingerprint density at radius 2 is 1.94 bits per heavy atom. The Morgan fingerprint density at radius 1 is 1.18 bits per heavy atom. The molecule has 7 nitrogen and oxygen atoms in total. The number of thiophene rings is 1. The molecule has 1 aliphatic rings. The molecule has 4 aromatic rings. The number of quaternary nitrogens is 1. The molecule has 1 saturated heterocycles. The first-order valence-corrected chi connectivity index (χ1v) is 13.4. The highest BCUT2D eigenvalue weighted by atomic mass is 32.2. The third-order valence-corrected chi connectivity index (χ3v) is 8.63. The molecule has 9 heteroatoms. The molecule has 0 aliphatic carbocycles. The second-order valence-electron chi connectivity index (χ2n) is 9.04. The van der Waals surface area contributed by atoms with Gasteiger partial charge in [0.15, 0.2) is 11.0 Å². The molecule has 1 aromatic carbocycles. The van der Waals surface area contributed by atoms with Crippen LogP contribution in [-0.4, -0.2) is 46.3 Å². The van der Waals surface area contributed by atoms with E-state index >= 15 is 0 Å². The standard InChI is InChI=1S/C25H29N5O2S2/c1-15(14-32-4)30-24(31)18-9-5-6-10-19(18)26-25(30)34-23-21-16(2)17(3)33-22(21)27-20(28-23)13-29-11-7-8-12-29/h5-6,9-10,15H,7-8,11-14H2,1-4H3/p+1/t15-/m1/s1. The number of likely N-dealkylation sites (tertiary alicyclic amines) is 1. The summed E-state index contributed by atoms with van der Waals surface area (Å²) in [6.45, 7) is 9.85. The lowest BCUT2D eigenvalue weighted by atomic mass is 10.2.